The van der Waals surface area contributed by atoms with Gasteiger partial charge in [-0.2, -0.15) is 0 Å². The van der Waals surface area contributed by atoms with Gasteiger partial charge in [0.05, 0.1) is 6.54 Å². The minimum atomic E-state index is -4.88. The maximum absolute atomic E-state index is 14.1. The molecule has 1 unspecified atom stereocenters. The lowest BCUT2D eigenvalue weighted by atomic mass is 9.97. The first-order valence-electron chi connectivity index (χ1n) is 10.2. The number of aromatic nitrogens is 2. The van der Waals surface area contributed by atoms with Crippen molar-refractivity contribution in [3.05, 3.63) is 41.7 Å². The average Bonchev–Trinajstić information content (AvgIpc) is 2.72. The lowest BCUT2D eigenvalue weighted by molar-refractivity contribution is -0.274. The van der Waals surface area contributed by atoms with E-state index in [1.54, 1.807) is 6.92 Å². The van der Waals surface area contributed by atoms with Crippen LogP contribution in [0.1, 0.15) is 35.7 Å². The fourth-order valence-corrected chi connectivity index (χ4v) is 3.49. The molecular formula is C21H22F5N5O3. The van der Waals surface area contributed by atoms with Crippen LogP contribution < -0.4 is 15.4 Å². The first-order chi connectivity index (χ1) is 15.8. The Hall–Kier alpha value is -3.51. The van der Waals surface area contributed by atoms with Crippen LogP contribution in [-0.2, 0) is 4.79 Å². The number of anilines is 2. The van der Waals surface area contributed by atoms with Gasteiger partial charge in [0.25, 0.3) is 11.8 Å². The number of ether oxygens (including phenoxy) is 1. The van der Waals surface area contributed by atoms with Gasteiger partial charge in [0.1, 0.15) is 17.4 Å². The second-order valence-electron chi connectivity index (χ2n) is 7.85. The van der Waals surface area contributed by atoms with Crippen molar-refractivity contribution in [2.24, 2.45) is 0 Å². The number of alkyl halides is 5. The summed E-state index contributed by atoms with van der Waals surface area (Å²) in [7, 11) is 0. The quantitative estimate of drug-likeness (QED) is 0.602. The predicted molar refractivity (Wildman–Crippen MR) is 111 cm³/mol. The normalized spacial score (nSPS) is 17.7. The fraction of sp³-hybridized carbons (Fsp3) is 0.429. The molecule has 1 fully saturated rings. The van der Waals surface area contributed by atoms with Crippen LogP contribution in [0.5, 0.6) is 5.75 Å². The number of carbonyl (C=O) groups excluding carboxylic acids is 2. The van der Waals surface area contributed by atoms with Gasteiger partial charge < -0.3 is 20.3 Å². The number of halogens is 5. The van der Waals surface area contributed by atoms with E-state index >= 15 is 0 Å². The van der Waals surface area contributed by atoms with Crippen LogP contribution in [0.25, 0.3) is 0 Å². The highest BCUT2D eigenvalue weighted by molar-refractivity contribution is 5.96. The summed E-state index contributed by atoms with van der Waals surface area (Å²) in [6.07, 6.45) is -2.87. The SMILES string of the molecule is CC(=O)NCC1CCC(F)(F)CN1C(=O)c1cc(Nc2cc(OC(F)(F)F)ccn2)ncc1C. The first-order valence-corrected chi connectivity index (χ1v) is 10.2. The molecule has 1 aliphatic rings. The van der Waals surface area contributed by atoms with Gasteiger partial charge in [-0.05, 0) is 31.0 Å². The average molecular weight is 487 g/mol. The van der Waals surface area contributed by atoms with Crippen molar-refractivity contribution in [1.29, 1.82) is 0 Å². The third kappa shape index (κ3) is 6.75. The molecule has 184 valence electrons. The topological polar surface area (TPSA) is 96.5 Å². The number of amides is 2. The number of likely N-dealkylation sites (tertiary alicyclic amines) is 1. The van der Waals surface area contributed by atoms with Crippen LogP contribution in [0.4, 0.5) is 33.6 Å². The Morgan fingerprint density at radius 1 is 1.24 bits per heavy atom. The number of hydrogen-bond donors (Lipinski definition) is 2. The summed E-state index contributed by atoms with van der Waals surface area (Å²) in [6.45, 7) is 2.09. The van der Waals surface area contributed by atoms with Gasteiger partial charge in [0, 0.05) is 50.0 Å². The zero-order chi connectivity index (χ0) is 25.1. The van der Waals surface area contributed by atoms with Crippen LogP contribution in [0.3, 0.4) is 0 Å². The molecule has 0 aliphatic carbocycles. The molecule has 1 saturated heterocycles. The van der Waals surface area contributed by atoms with Gasteiger partial charge in [0.15, 0.2) is 0 Å². The Morgan fingerprint density at radius 2 is 1.94 bits per heavy atom. The molecule has 1 aliphatic heterocycles. The second kappa shape index (κ2) is 9.77. The van der Waals surface area contributed by atoms with Crippen molar-refractivity contribution in [3.8, 4) is 5.75 Å². The number of nitrogens with zero attached hydrogens (tertiary/aromatic N) is 3. The molecule has 0 spiro atoms. The van der Waals surface area contributed by atoms with E-state index < -0.39 is 42.9 Å². The van der Waals surface area contributed by atoms with Crippen LogP contribution in [0, 0.1) is 6.92 Å². The number of carbonyl (C=O) groups is 2. The molecular weight excluding hydrogens is 465 g/mol. The van der Waals surface area contributed by atoms with E-state index in [9.17, 15) is 31.5 Å². The standard InChI is InChI=1S/C21H22F5N5O3/c1-12-9-29-18(30-17-7-15(4-6-27-17)34-21(24,25)26)8-16(12)19(33)31-11-20(22,23)5-3-14(31)10-28-13(2)32/h4,6-9,14H,3,5,10-11H2,1-2H3,(H,28,32)(H,27,29,30). The lowest BCUT2D eigenvalue weighted by Gasteiger charge is -2.39. The zero-order valence-corrected chi connectivity index (χ0v) is 18.2. The van der Waals surface area contributed by atoms with Crippen molar-refractivity contribution < 1.29 is 36.3 Å². The highest BCUT2D eigenvalue weighted by Crippen LogP contribution is 2.32. The Labute approximate surface area is 191 Å². The zero-order valence-electron chi connectivity index (χ0n) is 18.2. The summed E-state index contributed by atoms with van der Waals surface area (Å²) < 4.78 is 69.5. The number of aryl methyl sites for hydroxylation is 1. The van der Waals surface area contributed by atoms with Crippen molar-refractivity contribution in [3.63, 3.8) is 0 Å². The van der Waals surface area contributed by atoms with Gasteiger partial charge in [-0.3, -0.25) is 9.59 Å². The van der Waals surface area contributed by atoms with Crippen molar-refractivity contribution in [2.45, 2.75) is 45.0 Å². The molecule has 2 aromatic heterocycles. The van der Waals surface area contributed by atoms with Gasteiger partial charge in [-0.15, -0.1) is 13.2 Å². The van der Waals surface area contributed by atoms with E-state index in [0.717, 1.165) is 23.2 Å². The molecule has 0 bridgehead atoms. The summed E-state index contributed by atoms with van der Waals surface area (Å²) in [5.41, 5.74) is 0.482. The summed E-state index contributed by atoms with van der Waals surface area (Å²) in [5, 5.41) is 5.23. The van der Waals surface area contributed by atoms with E-state index in [0.29, 0.717) is 5.56 Å². The monoisotopic (exact) mass is 487 g/mol. The molecule has 0 radical (unpaired) electrons. The molecule has 2 N–H and O–H groups in total. The maximum atomic E-state index is 14.1. The van der Waals surface area contributed by atoms with Crippen LogP contribution in [-0.4, -0.2) is 58.1 Å². The smallest absolute Gasteiger partial charge is 0.406 e. The molecule has 2 amide bonds. The number of rotatable bonds is 6. The Bertz CT molecular complexity index is 1060. The van der Waals surface area contributed by atoms with Crippen molar-refractivity contribution >= 4 is 23.5 Å². The first kappa shape index (κ1) is 25.1. The van der Waals surface area contributed by atoms with E-state index in [1.165, 1.54) is 19.2 Å². The highest BCUT2D eigenvalue weighted by Gasteiger charge is 2.42. The molecule has 13 heteroatoms. The Balaban J connectivity index is 1.83. The van der Waals surface area contributed by atoms with E-state index in [2.05, 4.69) is 25.3 Å². The van der Waals surface area contributed by atoms with E-state index in [-0.39, 0.29) is 36.1 Å². The fourth-order valence-electron chi connectivity index (χ4n) is 3.49. The maximum Gasteiger partial charge on any atom is 0.573 e. The predicted octanol–water partition coefficient (Wildman–Crippen LogP) is 3.80. The van der Waals surface area contributed by atoms with Gasteiger partial charge in [-0.1, -0.05) is 0 Å². The largest absolute Gasteiger partial charge is 0.573 e. The Kier molecular flexibility index (Phi) is 7.22. The van der Waals surface area contributed by atoms with E-state index in [1.807, 2.05) is 0 Å². The van der Waals surface area contributed by atoms with E-state index in [4.69, 9.17) is 0 Å². The van der Waals surface area contributed by atoms with Gasteiger partial charge in [0.2, 0.25) is 5.91 Å². The summed E-state index contributed by atoms with van der Waals surface area (Å²) in [6, 6.07) is 2.68. The molecule has 0 saturated carbocycles. The third-order valence-electron chi connectivity index (χ3n) is 5.09. The molecule has 34 heavy (non-hydrogen) atoms. The van der Waals surface area contributed by atoms with Gasteiger partial charge >= 0.3 is 6.36 Å². The minimum absolute atomic E-state index is 0.00414. The Morgan fingerprint density at radius 3 is 2.62 bits per heavy atom. The lowest BCUT2D eigenvalue weighted by Crippen LogP contribution is -2.55. The highest BCUT2D eigenvalue weighted by atomic mass is 19.4. The van der Waals surface area contributed by atoms with Crippen LogP contribution in [0.15, 0.2) is 30.6 Å². The van der Waals surface area contributed by atoms with Crippen molar-refractivity contribution in [2.75, 3.05) is 18.4 Å². The number of hydrogen-bond acceptors (Lipinski definition) is 6. The minimum Gasteiger partial charge on any atom is -0.406 e. The summed E-state index contributed by atoms with van der Waals surface area (Å²) in [4.78, 5) is 33.5. The number of piperidine rings is 1. The summed E-state index contributed by atoms with van der Waals surface area (Å²) in [5.74, 6) is -4.59. The molecule has 2 aromatic rings. The molecule has 3 heterocycles. The molecule has 8 nitrogen and oxygen atoms in total. The second-order valence-corrected chi connectivity index (χ2v) is 7.85. The molecule has 0 aromatic carbocycles. The van der Waals surface area contributed by atoms with Crippen LogP contribution in [0.2, 0.25) is 0 Å². The van der Waals surface area contributed by atoms with Gasteiger partial charge in [-0.25, -0.2) is 18.7 Å². The van der Waals surface area contributed by atoms with Crippen molar-refractivity contribution in [1.82, 2.24) is 20.2 Å². The van der Waals surface area contributed by atoms with Crippen LogP contribution >= 0.6 is 0 Å². The molecule has 1 atom stereocenters. The molecule has 3 rings (SSSR count). The number of nitrogens with one attached hydrogen (secondary N) is 2. The summed E-state index contributed by atoms with van der Waals surface area (Å²) >= 11 is 0. The number of pyridine rings is 2. The third-order valence-corrected chi connectivity index (χ3v) is 5.09.